The van der Waals surface area contributed by atoms with Gasteiger partial charge < -0.3 is 14.5 Å². The Morgan fingerprint density at radius 1 is 1.26 bits per heavy atom. The molecule has 0 bridgehead atoms. The summed E-state index contributed by atoms with van der Waals surface area (Å²) in [6, 6.07) is 13.0. The number of fused-ring (bicyclic) bond motifs is 1. The summed E-state index contributed by atoms with van der Waals surface area (Å²) < 4.78 is 11.0. The van der Waals surface area contributed by atoms with Crippen LogP contribution in [0.1, 0.15) is 19.8 Å². The van der Waals surface area contributed by atoms with E-state index in [2.05, 4.69) is 10.3 Å². The average Bonchev–Trinajstić information content (AvgIpc) is 2.98. The maximum absolute atomic E-state index is 11.7. The number of oxazole rings is 1. The molecule has 0 unspecified atom stereocenters. The molecule has 0 spiro atoms. The smallest absolute Gasteiger partial charge is 0.227 e. The molecule has 0 saturated carbocycles. The lowest BCUT2D eigenvalue weighted by atomic mass is 10.2. The maximum Gasteiger partial charge on any atom is 0.227 e. The lowest BCUT2D eigenvalue weighted by Crippen LogP contribution is -2.10. The number of carbonyl (C=O) groups excluding carboxylic acids is 1. The standard InChI is InChI=1S/C18H18N2O3/c1-3-5-17(21)19-13-7-4-6-12(10-13)18-20-15-11-14(22-2)8-9-16(15)23-18/h4,6-11H,3,5H2,1-2H3,(H,19,21). The zero-order chi connectivity index (χ0) is 16.2. The highest BCUT2D eigenvalue weighted by molar-refractivity contribution is 5.91. The predicted molar refractivity (Wildman–Crippen MR) is 89.5 cm³/mol. The number of rotatable bonds is 5. The summed E-state index contributed by atoms with van der Waals surface area (Å²) in [5.74, 6) is 1.25. The third-order valence-electron chi connectivity index (χ3n) is 3.47. The van der Waals surface area contributed by atoms with Gasteiger partial charge in [0, 0.05) is 23.7 Å². The Bertz CT molecular complexity index is 839. The second-order valence-corrected chi connectivity index (χ2v) is 5.23. The van der Waals surface area contributed by atoms with Crippen LogP contribution < -0.4 is 10.1 Å². The van der Waals surface area contributed by atoms with Crippen molar-refractivity contribution >= 4 is 22.7 Å². The van der Waals surface area contributed by atoms with Crippen LogP contribution in [0.3, 0.4) is 0 Å². The number of carbonyl (C=O) groups is 1. The number of aromatic nitrogens is 1. The van der Waals surface area contributed by atoms with E-state index in [1.807, 2.05) is 49.4 Å². The number of amides is 1. The Labute approximate surface area is 134 Å². The second-order valence-electron chi connectivity index (χ2n) is 5.23. The van der Waals surface area contributed by atoms with E-state index in [1.54, 1.807) is 7.11 Å². The van der Waals surface area contributed by atoms with Crippen LogP contribution in [0.5, 0.6) is 5.75 Å². The SMILES string of the molecule is CCCC(=O)Nc1cccc(-c2nc3cc(OC)ccc3o2)c1. The summed E-state index contributed by atoms with van der Waals surface area (Å²) in [6.45, 7) is 1.97. The Hall–Kier alpha value is -2.82. The van der Waals surface area contributed by atoms with Crippen LogP contribution in [0, 0.1) is 0 Å². The fourth-order valence-electron chi connectivity index (χ4n) is 2.34. The molecule has 1 amide bonds. The predicted octanol–water partition coefficient (Wildman–Crippen LogP) is 4.24. The van der Waals surface area contributed by atoms with E-state index < -0.39 is 0 Å². The van der Waals surface area contributed by atoms with Crippen LogP contribution >= 0.6 is 0 Å². The molecule has 0 radical (unpaired) electrons. The first kappa shape index (κ1) is 15.1. The molecule has 0 aliphatic carbocycles. The van der Waals surface area contributed by atoms with Gasteiger partial charge in [0.1, 0.15) is 11.3 Å². The van der Waals surface area contributed by atoms with Gasteiger partial charge in [0.05, 0.1) is 7.11 Å². The number of nitrogens with zero attached hydrogens (tertiary/aromatic N) is 1. The van der Waals surface area contributed by atoms with Crippen LogP contribution in [0.25, 0.3) is 22.6 Å². The summed E-state index contributed by atoms with van der Waals surface area (Å²) in [5, 5.41) is 2.88. The third kappa shape index (κ3) is 3.34. The first-order valence-electron chi connectivity index (χ1n) is 7.54. The number of hydrogen-bond acceptors (Lipinski definition) is 4. The van der Waals surface area contributed by atoms with Crippen molar-refractivity contribution in [1.82, 2.24) is 4.98 Å². The van der Waals surface area contributed by atoms with Crippen molar-refractivity contribution in [2.24, 2.45) is 0 Å². The van der Waals surface area contributed by atoms with Crippen molar-refractivity contribution in [3.63, 3.8) is 0 Å². The molecule has 0 aliphatic heterocycles. The van der Waals surface area contributed by atoms with Gasteiger partial charge in [-0.25, -0.2) is 4.98 Å². The van der Waals surface area contributed by atoms with Gasteiger partial charge in [0.2, 0.25) is 11.8 Å². The van der Waals surface area contributed by atoms with E-state index in [4.69, 9.17) is 9.15 Å². The average molecular weight is 310 g/mol. The largest absolute Gasteiger partial charge is 0.497 e. The van der Waals surface area contributed by atoms with Gasteiger partial charge >= 0.3 is 0 Å². The molecule has 118 valence electrons. The molecule has 0 atom stereocenters. The second kappa shape index (κ2) is 6.52. The molecule has 1 heterocycles. The molecule has 3 aromatic rings. The number of hydrogen-bond donors (Lipinski definition) is 1. The van der Waals surface area contributed by atoms with Crippen molar-refractivity contribution in [3.05, 3.63) is 42.5 Å². The van der Waals surface area contributed by atoms with Crippen LogP contribution in [0.15, 0.2) is 46.9 Å². The number of methoxy groups -OCH3 is 1. The number of ether oxygens (including phenoxy) is 1. The highest BCUT2D eigenvalue weighted by Gasteiger charge is 2.10. The summed E-state index contributed by atoms with van der Waals surface area (Å²) >= 11 is 0. The molecule has 2 aromatic carbocycles. The minimum Gasteiger partial charge on any atom is -0.497 e. The molecule has 5 nitrogen and oxygen atoms in total. The molecule has 5 heteroatoms. The first-order valence-corrected chi connectivity index (χ1v) is 7.54. The highest BCUT2D eigenvalue weighted by atomic mass is 16.5. The van der Waals surface area contributed by atoms with Crippen molar-refractivity contribution in [2.75, 3.05) is 12.4 Å². The van der Waals surface area contributed by atoms with Gasteiger partial charge in [-0.15, -0.1) is 0 Å². The van der Waals surface area contributed by atoms with Crippen LogP contribution in [0.2, 0.25) is 0 Å². The lowest BCUT2D eigenvalue weighted by Gasteiger charge is -2.05. The normalized spacial score (nSPS) is 10.7. The minimum absolute atomic E-state index is 0.00644. The lowest BCUT2D eigenvalue weighted by molar-refractivity contribution is -0.116. The van der Waals surface area contributed by atoms with Crippen LogP contribution in [-0.4, -0.2) is 18.0 Å². The van der Waals surface area contributed by atoms with Crippen molar-refractivity contribution in [2.45, 2.75) is 19.8 Å². The van der Waals surface area contributed by atoms with E-state index >= 15 is 0 Å². The van der Waals surface area contributed by atoms with Crippen molar-refractivity contribution in [1.29, 1.82) is 0 Å². The van der Waals surface area contributed by atoms with Crippen LogP contribution in [0.4, 0.5) is 5.69 Å². The fourth-order valence-corrected chi connectivity index (χ4v) is 2.34. The molecular formula is C18H18N2O3. The number of benzene rings is 2. The first-order chi connectivity index (χ1) is 11.2. The fraction of sp³-hybridized carbons (Fsp3) is 0.222. The molecule has 3 rings (SSSR count). The molecule has 1 N–H and O–H groups in total. The molecule has 0 aliphatic rings. The van der Waals surface area contributed by atoms with Gasteiger partial charge in [-0.1, -0.05) is 13.0 Å². The van der Waals surface area contributed by atoms with Crippen molar-refractivity contribution < 1.29 is 13.9 Å². The Kier molecular flexibility index (Phi) is 4.28. The summed E-state index contributed by atoms with van der Waals surface area (Å²) in [6.07, 6.45) is 1.32. The Morgan fingerprint density at radius 2 is 2.13 bits per heavy atom. The van der Waals surface area contributed by atoms with E-state index in [9.17, 15) is 4.79 Å². The van der Waals surface area contributed by atoms with Crippen molar-refractivity contribution in [3.8, 4) is 17.2 Å². The highest BCUT2D eigenvalue weighted by Crippen LogP contribution is 2.28. The summed E-state index contributed by atoms with van der Waals surface area (Å²) in [4.78, 5) is 16.2. The molecule has 1 aromatic heterocycles. The zero-order valence-corrected chi connectivity index (χ0v) is 13.1. The quantitative estimate of drug-likeness (QED) is 0.765. The third-order valence-corrected chi connectivity index (χ3v) is 3.47. The molecule has 0 fully saturated rings. The maximum atomic E-state index is 11.7. The topological polar surface area (TPSA) is 64.4 Å². The summed E-state index contributed by atoms with van der Waals surface area (Å²) in [7, 11) is 1.62. The van der Waals surface area contributed by atoms with E-state index in [0.29, 0.717) is 17.9 Å². The minimum atomic E-state index is 0.00644. The van der Waals surface area contributed by atoms with Gasteiger partial charge in [-0.3, -0.25) is 4.79 Å². The van der Waals surface area contributed by atoms with Gasteiger partial charge in [0.15, 0.2) is 5.58 Å². The van der Waals surface area contributed by atoms with Gasteiger partial charge in [0.25, 0.3) is 0 Å². The van der Waals surface area contributed by atoms with E-state index in [1.165, 1.54) is 0 Å². The number of anilines is 1. The van der Waals surface area contributed by atoms with Gasteiger partial charge in [-0.05, 0) is 36.8 Å². The Balaban J connectivity index is 1.90. The zero-order valence-electron chi connectivity index (χ0n) is 13.1. The van der Waals surface area contributed by atoms with Gasteiger partial charge in [-0.2, -0.15) is 0 Å². The monoisotopic (exact) mass is 310 g/mol. The van der Waals surface area contributed by atoms with Crippen LogP contribution in [-0.2, 0) is 4.79 Å². The molecule has 23 heavy (non-hydrogen) atoms. The Morgan fingerprint density at radius 3 is 2.91 bits per heavy atom. The number of nitrogens with one attached hydrogen (secondary N) is 1. The van der Waals surface area contributed by atoms with E-state index in [0.717, 1.165) is 28.9 Å². The molecule has 0 saturated heterocycles. The summed E-state index contributed by atoms with van der Waals surface area (Å²) in [5.41, 5.74) is 2.98. The molecular weight excluding hydrogens is 292 g/mol. The van der Waals surface area contributed by atoms with E-state index in [-0.39, 0.29) is 5.91 Å².